The van der Waals surface area contributed by atoms with Gasteiger partial charge in [0.1, 0.15) is 5.78 Å². The first-order chi connectivity index (χ1) is 7.96. The second kappa shape index (κ2) is 4.56. The molecule has 1 heterocycles. The molecule has 17 heavy (non-hydrogen) atoms. The quantitative estimate of drug-likeness (QED) is 0.687. The van der Waals surface area contributed by atoms with Crippen LogP contribution in [-0.2, 0) is 9.53 Å². The third kappa shape index (κ3) is 2.08. The Bertz CT molecular complexity index is 328. The van der Waals surface area contributed by atoms with Crippen LogP contribution in [0.1, 0.15) is 46.5 Å². The molecular weight excluding hydrogens is 212 g/mol. The molecule has 2 heteroatoms. The van der Waals surface area contributed by atoms with Crippen LogP contribution in [-0.4, -0.2) is 18.5 Å². The van der Waals surface area contributed by atoms with Crippen molar-refractivity contribution >= 4 is 5.78 Å². The Hall–Kier alpha value is -0.630. The largest absolute Gasteiger partial charge is 0.377 e. The Labute approximate surface area is 104 Å². The summed E-state index contributed by atoms with van der Waals surface area (Å²) in [5.41, 5.74) is 0.891. The highest BCUT2D eigenvalue weighted by Crippen LogP contribution is 2.47. The lowest BCUT2D eigenvalue weighted by Gasteiger charge is -2.44. The Morgan fingerprint density at radius 1 is 1.53 bits per heavy atom. The van der Waals surface area contributed by atoms with E-state index >= 15 is 0 Å². The minimum absolute atomic E-state index is 0.149. The van der Waals surface area contributed by atoms with Gasteiger partial charge in [-0.2, -0.15) is 0 Å². The fraction of sp³-hybridized carbons (Fsp3) is 0.800. The topological polar surface area (TPSA) is 26.3 Å². The van der Waals surface area contributed by atoms with Crippen molar-refractivity contribution in [2.45, 2.75) is 52.6 Å². The molecule has 0 spiro atoms. The van der Waals surface area contributed by atoms with Gasteiger partial charge < -0.3 is 4.74 Å². The van der Waals surface area contributed by atoms with Gasteiger partial charge in [0.15, 0.2) is 0 Å². The molecule has 0 radical (unpaired) electrons. The van der Waals surface area contributed by atoms with Crippen LogP contribution < -0.4 is 0 Å². The van der Waals surface area contributed by atoms with E-state index < -0.39 is 0 Å². The minimum atomic E-state index is -0.261. The van der Waals surface area contributed by atoms with E-state index in [0.717, 1.165) is 31.4 Å². The van der Waals surface area contributed by atoms with Gasteiger partial charge in [-0.3, -0.25) is 4.79 Å². The first-order valence-corrected chi connectivity index (χ1v) is 6.76. The zero-order chi connectivity index (χ0) is 12.6. The summed E-state index contributed by atoms with van der Waals surface area (Å²) < 4.78 is 5.79. The number of carbonyl (C=O) groups excluding carboxylic acids is 1. The highest BCUT2D eigenvalue weighted by Gasteiger charge is 2.50. The molecule has 0 N–H and O–H groups in total. The maximum atomic E-state index is 12.5. The standard InChI is InChI=1S/C15H24O2/c1-10(2)12-8-11(3)15(4,13(16)9-12)14-6-5-7-17-14/h11-12,14H,1,5-9H2,2-4H3/t11-,12-,14-,15+/m1/s1. The van der Waals surface area contributed by atoms with Crippen LogP contribution in [0.2, 0.25) is 0 Å². The third-order valence-corrected chi connectivity index (χ3v) is 4.99. The number of allylic oxidation sites excluding steroid dienone is 1. The van der Waals surface area contributed by atoms with Gasteiger partial charge in [0.2, 0.25) is 0 Å². The molecule has 96 valence electrons. The highest BCUT2D eigenvalue weighted by atomic mass is 16.5. The molecule has 2 nitrogen and oxygen atoms in total. The molecule has 4 atom stereocenters. The van der Waals surface area contributed by atoms with E-state index in [1.165, 1.54) is 0 Å². The lowest BCUT2D eigenvalue weighted by Crippen LogP contribution is -2.49. The van der Waals surface area contributed by atoms with Crippen LogP contribution in [0, 0.1) is 17.3 Å². The molecule has 0 bridgehead atoms. The SMILES string of the molecule is C=C(C)[C@H]1CC(=O)[C@@](C)([C@H]2CCCO2)[C@H](C)C1. The summed E-state index contributed by atoms with van der Waals surface area (Å²) >= 11 is 0. The van der Waals surface area contributed by atoms with Crippen molar-refractivity contribution in [2.75, 3.05) is 6.61 Å². The van der Waals surface area contributed by atoms with Crippen LogP contribution in [0.15, 0.2) is 12.2 Å². The Kier molecular flexibility index (Phi) is 3.44. The number of hydrogen-bond acceptors (Lipinski definition) is 2. The van der Waals surface area contributed by atoms with Crippen LogP contribution in [0.4, 0.5) is 0 Å². The lowest BCUT2D eigenvalue weighted by atomic mass is 9.60. The molecule has 0 aromatic rings. The number of ketones is 1. The molecule has 2 fully saturated rings. The molecule has 0 aromatic carbocycles. The van der Waals surface area contributed by atoms with Crippen LogP contribution >= 0.6 is 0 Å². The monoisotopic (exact) mass is 236 g/mol. The number of ether oxygens (including phenoxy) is 1. The average Bonchev–Trinajstić information content (AvgIpc) is 2.78. The van der Waals surface area contributed by atoms with E-state index in [1.807, 2.05) is 6.92 Å². The van der Waals surface area contributed by atoms with E-state index in [9.17, 15) is 4.79 Å². The molecule has 1 saturated heterocycles. The molecule has 0 amide bonds. The lowest BCUT2D eigenvalue weighted by molar-refractivity contribution is -0.145. The van der Waals surface area contributed by atoms with Crippen molar-refractivity contribution in [2.24, 2.45) is 17.3 Å². The summed E-state index contributed by atoms with van der Waals surface area (Å²) in [4.78, 5) is 12.5. The third-order valence-electron chi connectivity index (χ3n) is 4.99. The second-order valence-corrected chi connectivity index (χ2v) is 6.09. The molecule has 1 aliphatic carbocycles. The number of carbonyl (C=O) groups is 1. The van der Waals surface area contributed by atoms with Gasteiger partial charge in [-0.1, -0.05) is 19.1 Å². The van der Waals surface area contributed by atoms with Crippen molar-refractivity contribution in [3.63, 3.8) is 0 Å². The molecule has 0 unspecified atom stereocenters. The van der Waals surface area contributed by atoms with Gasteiger partial charge in [0.05, 0.1) is 11.5 Å². The predicted octanol–water partition coefficient (Wildman–Crippen LogP) is 3.36. The average molecular weight is 236 g/mol. The van der Waals surface area contributed by atoms with Crippen molar-refractivity contribution in [1.29, 1.82) is 0 Å². The van der Waals surface area contributed by atoms with E-state index in [0.29, 0.717) is 24.0 Å². The van der Waals surface area contributed by atoms with Gasteiger partial charge in [0, 0.05) is 13.0 Å². The molecule has 2 aliphatic rings. The number of hydrogen-bond donors (Lipinski definition) is 0. The van der Waals surface area contributed by atoms with Crippen LogP contribution in [0.5, 0.6) is 0 Å². The summed E-state index contributed by atoms with van der Waals surface area (Å²) in [6.07, 6.45) is 4.04. The Morgan fingerprint density at radius 2 is 2.24 bits per heavy atom. The summed E-state index contributed by atoms with van der Waals surface area (Å²) in [6.45, 7) is 11.2. The molecule has 1 aliphatic heterocycles. The summed E-state index contributed by atoms with van der Waals surface area (Å²) in [6, 6.07) is 0. The fourth-order valence-corrected chi connectivity index (χ4v) is 3.40. The van der Waals surface area contributed by atoms with Gasteiger partial charge in [-0.25, -0.2) is 0 Å². The maximum absolute atomic E-state index is 12.5. The van der Waals surface area contributed by atoms with E-state index in [4.69, 9.17) is 4.74 Å². The summed E-state index contributed by atoms with van der Waals surface area (Å²) in [7, 11) is 0. The molecule has 1 saturated carbocycles. The number of Topliss-reactive ketones (excluding diaryl/α,β-unsaturated/α-hetero) is 1. The number of rotatable bonds is 2. The molecule has 0 aromatic heterocycles. The van der Waals surface area contributed by atoms with E-state index in [1.54, 1.807) is 0 Å². The molecule has 2 rings (SSSR count). The minimum Gasteiger partial charge on any atom is -0.377 e. The van der Waals surface area contributed by atoms with Gasteiger partial charge in [-0.05, 0) is 44.9 Å². The van der Waals surface area contributed by atoms with Crippen molar-refractivity contribution < 1.29 is 9.53 Å². The van der Waals surface area contributed by atoms with Crippen molar-refractivity contribution in [3.05, 3.63) is 12.2 Å². The summed E-state index contributed by atoms with van der Waals surface area (Å²) in [5, 5.41) is 0. The maximum Gasteiger partial charge on any atom is 0.142 e. The smallest absolute Gasteiger partial charge is 0.142 e. The summed E-state index contributed by atoms with van der Waals surface area (Å²) in [5.74, 6) is 1.16. The van der Waals surface area contributed by atoms with Crippen molar-refractivity contribution in [1.82, 2.24) is 0 Å². The molecular formula is C15H24O2. The first kappa shape index (κ1) is 12.8. The fourth-order valence-electron chi connectivity index (χ4n) is 3.40. The van der Waals surface area contributed by atoms with Crippen LogP contribution in [0.3, 0.4) is 0 Å². The van der Waals surface area contributed by atoms with E-state index in [-0.39, 0.29) is 11.5 Å². The second-order valence-electron chi connectivity index (χ2n) is 6.09. The van der Waals surface area contributed by atoms with E-state index in [2.05, 4.69) is 20.4 Å². The normalized spacial score (nSPS) is 42.8. The van der Waals surface area contributed by atoms with Crippen molar-refractivity contribution in [3.8, 4) is 0 Å². The zero-order valence-corrected chi connectivity index (χ0v) is 11.3. The predicted molar refractivity (Wildman–Crippen MR) is 68.8 cm³/mol. The first-order valence-electron chi connectivity index (χ1n) is 6.76. The van der Waals surface area contributed by atoms with Gasteiger partial charge >= 0.3 is 0 Å². The van der Waals surface area contributed by atoms with Crippen LogP contribution in [0.25, 0.3) is 0 Å². The Balaban J connectivity index is 2.18. The van der Waals surface area contributed by atoms with Gasteiger partial charge in [-0.15, -0.1) is 0 Å². The highest BCUT2D eigenvalue weighted by molar-refractivity contribution is 5.86. The van der Waals surface area contributed by atoms with Gasteiger partial charge in [0.25, 0.3) is 0 Å². The Morgan fingerprint density at radius 3 is 2.71 bits per heavy atom. The zero-order valence-electron chi connectivity index (χ0n) is 11.3.